The highest BCUT2D eigenvalue weighted by Crippen LogP contribution is 2.42. The minimum Gasteiger partial charge on any atom is -0.480 e. The minimum absolute atomic E-state index is 0.197. The molecule has 3 N–H and O–H groups in total. The third-order valence-electron chi connectivity index (χ3n) is 5.39. The number of aliphatic carboxylic acids is 1. The van der Waals surface area contributed by atoms with Crippen LogP contribution in [-0.4, -0.2) is 28.9 Å². The lowest BCUT2D eigenvalue weighted by atomic mass is 9.78. The van der Waals surface area contributed by atoms with Crippen molar-refractivity contribution < 1.29 is 23.9 Å². The number of hydrogen-bond acceptors (Lipinski definition) is 3. The van der Waals surface area contributed by atoms with Crippen molar-refractivity contribution in [2.45, 2.75) is 44.1 Å². The van der Waals surface area contributed by atoms with Crippen LogP contribution in [0.25, 0.3) is 0 Å². The number of nitrogens with one attached hydrogen (secondary N) is 2. The zero-order valence-electron chi connectivity index (χ0n) is 16.1. The summed E-state index contributed by atoms with van der Waals surface area (Å²) in [6.07, 6.45) is 3.08. The Labute approximate surface area is 168 Å². The van der Waals surface area contributed by atoms with Gasteiger partial charge in [0.05, 0.1) is 5.41 Å². The zero-order chi connectivity index (χ0) is 21.0. The summed E-state index contributed by atoms with van der Waals surface area (Å²) in [6, 6.07) is 11.4. The molecule has 2 aromatic rings. The van der Waals surface area contributed by atoms with E-state index in [1.54, 1.807) is 24.3 Å². The van der Waals surface area contributed by atoms with Gasteiger partial charge < -0.3 is 15.7 Å². The second-order valence-electron chi connectivity index (χ2n) is 7.36. The van der Waals surface area contributed by atoms with E-state index in [4.69, 9.17) is 5.11 Å². The van der Waals surface area contributed by atoms with Crippen LogP contribution in [0.3, 0.4) is 0 Å². The first-order chi connectivity index (χ1) is 13.8. The van der Waals surface area contributed by atoms with E-state index in [-0.39, 0.29) is 17.3 Å². The molecule has 1 aliphatic carbocycles. The van der Waals surface area contributed by atoms with Crippen LogP contribution in [0.5, 0.6) is 0 Å². The van der Waals surface area contributed by atoms with E-state index in [0.29, 0.717) is 24.1 Å². The normalized spacial score (nSPS) is 16.1. The van der Waals surface area contributed by atoms with Crippen LogP contribution in [0.4, 0.5) is 10.1 Å². The second kappa shape index (κ2) is 8.43. The number of hydrogen-bond donors (Lipinski definition) is 3. The first-order valence-corrected chi connectivity index (χ1v) is 9.53. The summed E-state index contributed by atoms with van der Waals surface area (Å²) in [5.41, 5.74) is 0.707. The Hall–Kier alpha value is -3.22. The van der Waals surface area contributed by atoms with E-state index in [1.807, 2.05) is 0 Å². The molecule has 2 aromatic carbocycles. The van der Waals surface area contributed by atoms with E-state index in [2.05, 4.69) is 10.6 Å². The molecule has 1 unspecified atom stereocenters. The molecular formula is C22H23FN2O4. The molecule has 29 heavy (non-hydrogen) atoms. The number of amides is 2. The number of carbonyl (C=O) groups excluding carboxylic acids is 2. The number of benzene rings is 2. The largest absolute Gasteiger partial charge is 0.480 e. The topological polar surface area (TPSA) is 95.5 Å². The van der Waals surface area contributed by atoms with Crippen molar-refractivity contribution in [2.24, 2.45) is 0 Å². The van der Waals surface area contributed by atoms with Crippen molar-refractivity contribution in [3.8, 4) is 0 Å². The smallest absolute Gasteiger partial charge is 0.325 e. The Morgan fingerprint density at radius 1 is 1.07 bits per heavy atom. The molecule has 3 rings (SSSR count). The highest BCUT2D eigenvalue weighted by Gasteiger charge is 2.42. The number of carboxylic acid groups (broad SMARTS) is 1. The molecule has 2 amide bonds. The number of anilines is 1. The molecule has 0 aliphatic heterocycles. The molecule has 1 atom stereocenters. The number of carboxylic acids is 1. The molecule has 0 heterocycles. The molecule has 1 saturated carbocycles. The predicted molar refractivity (Wildman–Crippen MR) is 106 cm³/mol. The van der Waals surface area contributed by atoms with E-state index < -0.39 is 23.3 Å². The highest BCUT2D eigenvalue weighted by molar-refractivity contribution is 6.00. The SMILES string of the molecule is CC(NC(=O)c1ccc(NC(=O)C2(c3cccc(F)c3)CCCC2)cc1)C(=O)O. The second-order valence-corrected chi connectivity index (χ2v) is 7.36. The van der Waals surface area contributed by atoms with E-state index in [1.165, 1.54) is 31.2 Å². The third kappa shape index (κ3) is 4.45. The highest BCUT2D eigenvalue weighted by atomic mass is 19.1. The Bertz CT molecular complexity index is 921. The van der Waals surface area contributed by atoms with Crippen molar-refractivity contribution in [3.63, 3.8) is 0 Å². The predicted octanol–water partition coefficient (Wildman–Crippen LogP) is 3.48. The first kappa shape index (κ1) is 20.5. The van der Waals surface area contributed by atoms with Gasteiger partial charge in [0, 0.05) is 11.3 Å². The van der Waals surface area contributed by atoms with Crippen molar-refractivity contribution in [1.82, 2.24) is 5.32 Å². The molecule has 6 nitrogen and oxygen atoms in total. The Balaban J connectivity index is 1.74. The maximum atomic E-state index is 13.7. The molecule has 0 aromatic heterocycles. The van der Waals surface area contributed by atoms with Gasteiger partial charge in [0.25, 0.3) is 5.91 Å². The van der Waals surface area contributed by atoms with Crippen LogP contribution in [0.2, 0.25) is 0 Å². The number of halogens is 1. The number of carbonyl (C=O) groups is 3. The molecule has 1 aliphatic rings. The third-order valence-corrected chi connectivity index (χ3v) is 5.39. The Kier molecular flexibility index (Phi) is 5.96. The van der Waals surface area contributed by atoms with Gasteiger partial charge in [-0.05, 0) is 61.7 Å². The lowest BCUT2D eigenvalue weighted by Crippen LogP contribution is -2.38. The van der Waals surface area contributed by atoms with Crippen LogP contribution < -0.4 is 10.6 Å². The van der Waals surface area contributed by atoms with E-state index >= 15 is 0 Å². The fraction of sp³-hybridized carbons (Fsp3) is 0.318. The van der Waals surface area contributed by atoms with Crippen LogP contribution in [0.15, 0.2) is 48.5 Å². The summed E-state index contributed by atoms with van der Waals surface area (Å²) in [5, 5.41) is 14.1. The van der Waals surface area contributed by atoms with Gasteiger partial charge in [-0.25, -0.2) is 4.39 Å². The van der Waals surface area contributed by atoms with Gasteiger partial charge in [0.15, 0.2) is 0 Å². The minimum atomic E-state index is -1.12. The van der Waals surface area contributed by atoms with Gasteiger partial charge in [-0.3, -0.25) is 14.4 Å². The van der Waals surface area contributed by atoms with Crippen LogP contribution in [0.1, 0.15) is 48.5 Å². The molecule has 0 bridgehead atoms. The van der Waals surface area contributed by atoms with Crippen molar-refractivity contribution in [1.29, 1.82) is 0 Å². The molecule has 1 fully saturated rings. The summed E-state index contributed by atoms with van der Waals surface area (Å²) >= 11 is 0. The van der Waals surface area contributed by atoms with Crippen LogP contribution >= 0.6 is 0 Å². The lowest BCUT2D eigenvalue weighted by Gasteiger charge is -2.28. The van der Waals surface area contributed by atoms with Crippen molar-refractivity contribution in [2.75, 3.05) is 5.32 Å². The summed E-state index contributed by atoms with van der Waals surface area (Å²) < 4.78 is 13.7. The summed E-state index contributed by atoms with van der Waals surface area (Å²) in [4.78, 5) is 36.0. The fourth-order valence-electron chi connectivity index (χ4n) is 3.71. The molecule has 0 saturated heterocycles. The standard InChI is InChI=1S/C22H23FN2O4/c1-14(20(27)28)24-19(26)15-7-9-18(10-8-15)25-21(29)22(11-2-3-12-22)16-5-4-6-17(23)13-16/h4-10,13-14H,2-3,11-12H2,1H3,(H,24,26)(H,25,29)(H,27,28). The van der Waals surface area contributed by atoms with Crippen LogP contribution in [-0.2, 0) is 15.0 Å². The first-order valence-electron chi connectivity index (χ1n) is 9.53. The van der Waals surface area contributed by atoms with Crippen molar-refractivity contribution >= 4 is 23.5 Å². The Morgan fingerprint density at radius 2 is 1.72 bits per heavy atom. The molecule has 0 spiro atoms. The maximum absolute atomic E-state index is 13.7. The zero-order valence-corrected chi connectivity index (χ0v) is 16.1. The molecule has 0 radical (unpaired) electrons. The number of rotatable bonds is 6. The molecule has 7 heteroatoms. The van der Waals surface area contributed by atoms with Gasteiger partial charge in [-0.2, -0.15) is 0 Å². The van der Waals surface area contributed by atoms with Crippen molar-refractivity contribution in [3.05, 3.63) is 65.5 Å². The molecule has 152 valence electrons. The van der Waals surface area contributed by atoms with E-state index in [9.17, 15) is 18.8 Å². The van der Waals surface area contributed by atoms with Gasteiger partial charge in [-0.1, -0.05) is 25.0 Å². The lowest BCUT2D eigenvalue weighted by molar-refractivity contribution is -0.138. The quantitative estimate of drug-likeness (QED) is 0.694. The fourth-order valence-corrected chi connectivity index (χ4v) is 3.71. The van der Waals surface area contributed by atoms with Crippen LogP contribution in [0, 0.1) is 5.82 Å². The average molecular weight is 398 g/mol. The van der Waals surface area contributed by atoms with E-state index in [0.717, 1.165) is 12.8 Å². The summed E-state index contributed by atoms with van der Waals surface area (Å²) in [6.45, 7) is 1.38. The average Bonchev–Trinajstić information content (AvgIpc) is 3.19. The summed E-state index contributed by atoms with van der Waals surface area (Å²) in [7, 11) is 0. The maximum Gasteiger partial charge on any atom is 0.325 e. The van der Waals surface area contributed by atoms with Gasteiger partial charge in [0.1, 0.15) is 11.9 Å². The summed E-state index contributed by atoms with van der Waals surface area (Å²) in [5.74, 6) is -2.20. The van der Waals surface area contributed by atoms with Gasteiger partial charge in [0.2, 0.25) is 5.91 Å². The monoisotopic (exact) mass is 398 g/mol. The molecular weight excluding hydrogens is 375 g/mol. The Morgan fingerprint density at radius 3 is 2.31 bits per heavy atom. The van der Waals surface area contributed by atoms with Gasteiger partial charge in [-0.15, -0.1) is 0 Å². The van der Waals surface area contributed by atoms with Gasteiger partial charge >= 0.3 is 5.97 Å².